The molecule has 4 unspecified atom stereocenters. The SMILES string of the molecule is CN1C2CCC1CC(CNC(=O)C1CC(O)CN1)C2. The number of aliphatic hydroxyl groups excluding tert-OH is 1. The predicted octanol–water partition coefficient (Wildman–Crippen LogP) is -0.302. The summed E-state index contributed by atoms with van der Waals surface area (Å²) < 4.78 is 0. The molecular weight excluding hydrogens is 242 g/mol. The first-order chi connectivity index (χ1) is 9.13. The van der Waals surface area contributed by atoms with E-state index < -0.39 is 0 Å². The summed E-state index contributed by atoms with van der Waals surface area (Å²) >= 11 is 0. The predicted molar refractivity (Wildman–Crippen MR) is 72.7 cm³/mol. The Balaban J connectivity index is 1.44. The molecule has 5 nitrogen and oxygen atoms in total. The Bertz CT molecular complexity index is 336. The first-order valence-electron chi connectivity index (χ1n) is 7.54. The smallest absolute Gasteiger partial charge is 0.237 e. The highest BCUT2D eigenvalue weighted by molar-refractivity contribution is 5.82. The summed E-state index contributed by atoms with van der Waals surface area (Å²) in [6.07, 6.45) is 5.26. The van der Waals surface area contributed by atoms with E-state index in [2.05, 4.69) is 22.6 Å². The maximum absolute atomic E-state index is 12.0. The van der Waals surface area contributed by atoms with Gasteiger partial charge in [-0.2, -0.15) is 0 Å². The number of nitrogens with zero attached hydrogens (tertiary/aromatic N) is 1. The molecule has 0 spiro atoms. The van der Waals surface area contributed by atoms with E-state index in [4.69, 9.17) is 0 Å². The number of fused-ring (bicyclic) bond motifs is 2. The monoisotopic (exact) mass is 267 g/mol. The Morgan fingerprint density at radius 3 is 2.58 bits per heavy atom. The second kappa shape index (κ2) is 5.38. The normalized spacial score (nSPS) is 42.5. The van der Waals surface area contributed by atoms with E-state index in [1.54, 1.807) is 0 Å². The number of hydrogen-bond acceptors (Lipinski definition) is 4. The highest BCUT2D eigenvalue weighted by Gasteiger charge is 2.38. The van der Waals surface area contributed by atoms with Gasteiger partial charge in [-0.3, -0.25) is 4.79 Å². The van der Waals surface area contributed by atoms with Gasteiger partial charge in [0.2, 0.25) is 5.91 Å². The number of carbonyl (C=O) groups excluding carboxylic acids is 1. The van der Waals surface area contributed by atoms with E-state index in [1.165, 1.54) is 25.7 Å². The van der Waals surface area contributed by atoms with Crippen LogP contribution >= 0.6 is 0 Å². The molecule has 108 valence electrons. The van der Waals surface area contributed by atoms with Crippen molar-refractivity contribution in [2.45, 2.75) is 56.3 Å². The maximum Gasteiger partial charge on any atom is 0.237 e. The summed E-state index contributed by atoms with van der Waals surface area (Å²) in [5, 5.41) is 15.6. The van der Waals surface area contributed by atoms with Gasteiger partial charge >= 0.3 is 0 Å². The van der Waals surface area contributed by atoms with Gasteiger partial charge in [0.1, 0.15) is 0 Å². The second-order valence-corrected chi connectivity index (χ2v) is 6.48. The molecule has 2 bridgehead atoms. The molecule has 0 saturated carbocycles. The van der Waals surface area contributed by atoms with Crippen molar-refractivity contribution in [2.75, 3.05) is 20.1 Å². The number of nitrogens with one attached hydrogen (secondary N) is 2. The van der Waals surface area contributed by atoms with E-state index >= 15 is 0 Å². The van der Waals surface area contributed by atoms with Crippen LogP contribution in [0.4, 0.5) is 0 Å². The number of amides is 1. The zero-order chi connectivity index (χ0) is 13.4. The van der Waals surface area contributed by atoms with Crippen molar-refractivity contribution in [1.29, 1.82) is 0 Å². The van der Waals surface area contributed by atoms with Crippen LogP contribution in [-0.2, 0) is 4.79 Å². The van der Waals surface area contributed by atoms with Gasteiger partial charge in [0, 0.05) is 25.2 Å². The molecule has 1 amide bonds. The molecule has 3 rings (SSSR count). The third-order valence-electron chi connectivity index (χ3n) is 5.18. The first-order valence-corrected chi connectivity index (χ1v) is 7.54. The van der Waals surface area contributed by atoms with Crippen molar-refractivity contribution in [2.24, 2.45) is 5.92 Å². The average molecular weight is 267 g/mol. The molecule has 3 fully saturated rings. The molecule has 3 saturated heterocycles. The Morgan fingerprint density at radius 2 is 2.00 bits per heavy atom. The number of hydrogen-bond donors (Lipinski definition) is 3. The molecule has 0 aromatic rings. The molecule has 3 N–H and O–H groups in total. The molecule has 5 heteroatoms. The Kier molecular flexibility index (Phi) is 3.78. The molecular formula is C14H25N3O2. The van der Waals surface area contributed by atoms with Gasteiger partial charge in [0.15, 0.2) is 0 Å². The summed E-state index contributed by atoms with van der Waals surface area (Å²) in [5.41, 5.74) is 0. The van der Waals surface area contributed by atoms with Crippen LogP contribution in [0.2, 0.25) is 0 Å². The average Bonchev–Trinajstić information content (AvgIpc) is 2.88. The van der Waals surface area contributed by atoms with Gasteiger partial charge in [-0.25, -0.2) is 0 Å². The molecule has 3 heterocycles. The van der Waals surface area contributed by atoms with Crippen molar-refractivity contribution in [3.05, 3.63) is 0 Å². The first kappa shape index (κ1) is 13.3. The van der Waals surface area contributed by atoms with E-state index in [9.17, 15) is 9.90 Å². The van der Waals surface area contributed by atoms with Crippen LogP contribution in [0.15, 0.2) is 0 Å². The van der Waals surface area contributed by atoms with Crippen LogP contribution in [0, 0.1) is 5.92 Å². The second-order valence-electron chi connectivity index (χ2n) is 6.48. The Morgan fingerprint density at radius 1 is 1.32 bits per heavy atom. The van der Waals surface area contributed by atoms with E-state index in [0.29, 0.717) is 18.9 Å². The lowest BCUT2D eigenvalue weighted by atomic mass is 9.91. The molecule has 0 radical (unpaired) electrons. The highest BCUT2D eigenvalue weighted by atomic mass is 16.3. The van der Waals surface area contributed by atoms with Crippen LogP contribution < -0.4 is 10.6 Å². The van der Waals surface area contributed by atoms with Crippen molar-refractivity contribution in [3.8, 4) is 0 Å². The number of carbonyl (C=O) groups is 1. The van der Waals surface area contributed by atoms with E-state index in [-0.39, 0.29) is 18.1 Å². The maximum atomic E-state index is 12.0. The number of rotatable bonds is 3. The van der Waals surface area contributed by atoms with Crippen LogP contribution in [0.1, 0.15) is 32.1 Å². The summed E-state index contributed by atoms with van der Waals surface area (Å²) in [4.78, 5) is 14.5. The van der Waals surface area contributed by atoms with Crippen LogP contribution in [0.3, 0.4) is 0 Å². The fraction of sp³-hybridized carbons (Fsp3) is 0.929. The van der Waals surface area contributed by atoms with E-state index in [1.807, 2.05) is 0 Å². The molecule has 3 aliphatic heterocycles. The van der Waals surface area contributed by atoms with Gasteiger partial charge in [-0.15, -0.1) is 0 Å². The summed E-state index contributed by atoms with van der Waals surface area (Å²) in [5.74, 6) is 0.687. The minimum Gasteiger partial charge on any atom is -0.392 e. The van der Waals surface area contributed by atoms with Crippen LogP contribution in [0.25, 0.3) is 0 Å². The lowest BCUT2D eigenvalue weighted by Crippen LogP contribution is -2.46. The fourth-order valence-corrected chi connectivity index (χ4v) is 3.98. The molecule has 0 aliphatic carbocycles. The minimum atomic E-state index is -0.366. The molecule has 4 atom stereocenters. The summed E-state index contributed by atoms with van der Waals surface area (Å²) in [7, 11) is 2.24. The fourth-order valence-electron chi connectivity index (χ4n) is 3.98. The Hall–Kier alpha value is -0.650. The standard InChI is InChI=1S/C14H25N3O2/c1-17-10-2-3-11(17)5-9(4-10)7-16-14(19)13-6-12(18)8-15-13/h9-13,15,18H,2-8H2,1H3,(H,16,19). The number of aliphatic hydroxyl groups is 1. The third kappa shape index (κ3) is 2.78. The van der Waals surface area contributed by atoms with Crippen LogP contribution in [-0.4, -0.2) is 60.3 Å². The molecule has 3 aliphatic rings. The topological polar surface area (TPSA) is 64.6 Å². The van der Waals surface area contributed by atoms with Gasteiger partial charge < -0.3 is 20.6 Å². The van der Waals surface area contributed by atoms with Gasteiger partial charge in [0.25, 0.3) is 0 Å². The third-order valence-corrected chi connectivity index (χ3v) is 5.18. The lowest BCUT2D eigenvalue weighted by Gasteiger charge is -2.36. The number of β-amino-alcohol motifs (C(OH)–C–C–N with tert-alkyl or cyclic N) is 1. The van der Waals surface area contributed by atoms with Crippen molar-refractivity contribution in [3.63, 3.8) is 0 Å². The van der Waals surface area contributed by atoms with E-state index in [0.717, 1.165) is 18.6 Å². The van der Waals surface area contributed by atoms with Gasteiger partial charge in [-0.1, -0.05) is 0 Å². The van der Waals surface area contributed by atoms with Gasteiger partial charge in [0.05, 0.1) is 12.1 Å². The lowest BCUT2D eigenvalue weighted by molar-refractivity contribution is -0.123. The van der Waals surface area contributed by atoms with Crippen molar-refractivity contribution in [1.82, 2.24) is 15.5 Å². The van der Waals surface area contributed by atoms with Crippen molar-refractivity contribution < 1.29 is 9.90 Å². The minimum absolute atomic E-state index is 0.0582. The molecule has 0 aromatic heterocycles. The van der Waals surface area contributed by atoms with Gasteiger partial charge in [-0.05, 0) is 45.1 Å². The largest absolute Gasteiger partial charge is 0.392 e. The Labute approximate surface area is 114 Å². The highest BCUT2D eigenvalue weighted by Crippen LogP contribution is 2.36. The molecule has 19 heavy (non-hydrogen) atoms. The zero-order valence-corrected chi connectivity index (χ0v) is 11.6. The number of piperidine rings is 1. The van der Waals surface area contributed by atoms with Crippen LogP contribution in [0.5, 0.6) is 0 Å². The summed E-state index contributed by atoms with van der Waals surface area (Å²) in [6.45, 7) is 1.34. The molecule has 0 aromatic carbocycles. The van der Waals surface area contributed by atoms with Crippen molar-refractivity contribution >= 4 is 5.91 Å². The summed E-state index contributed by atoms with van der Waals surface area (Å²) in [6, 6.07) is 1.26. The zero-order valence-electron chi connectivity index (χ0n) is 11.6. The quantitative estimate of drug-likeness (QED) is 0.657.